The van der Waals surface area contributed by atoms with Gasteiger partial charge in [-0.05, 0) is 30.3 Å². The minimum absolute atomic E-state index is 0.0808. The summed E-state index contributed by atoms with van der Waals surface area (Å²) in [7, 11) is 1.88. The number of hydrogen-bond acceptors (Lipinski definition) is 4. The van der Waals surface area contributed by atoms with Gasteiger partial charge in [-0.2, -0.15) is 0 Å². The van der Waals surface area contributed by atoms with E-state index in [0.29, 0.717) is 18.7 Å². The quantitative estimate of drug-likeness (QED) is 0.522. The normalized spacial score (nSPS) is 10.8. The van der Waals surface area contributed by atoms with E-state index in [-0.39, 0.29) is 17.2 Å². The average molecular weight is 289 g/mol. The van der Waals surface area contributed by atoms with Crippen LogP contribution in [0.1, 0.15) is 11.1 Å². The van der Waals surface area contributed by atoms with Crippen molar-refractivity contribution in [3.05, 3.63) is 69.5 Å². The van der Waals surface area contributed by atoms with E-state index in [1.165, 1.54) is 18.2 Å². The Hall–Kier alpha value is -2.47. The van der Waals surface area contributed by atoms with Crippen LogP contribution in [0.4, 0.5) is 15.8 Å². The summed E-state index contributed by atoms with van der Waals surface area (Å²) in [6.45, 7) is 1.08. The van der Waals surface area contributed by atoms with Crippen LogP contribution in [0, 0.1) is 15.9 Å². The lowest BCUT2D eigenvalue weighted by molar-refractivity contribution is -0.384. The van der Waals surface area contributed by atoms with E-state index in [9.17, 15) is 14.5 Å². The number of nitrogen functional groups attached to an aromatic ring is 1. The molecular formula is C15H16FN3O2. The Morgan fingerprint density at radius 2 is 1.86 bits per heavy atom. The van der Waals surface area contributed by atoms with Gasteiger partial charge in [-0.25, -0.2) is 4.39 Å². The Kier molecular flexibility index (Phi) is 4.49. The van der Waals surface area contributed by atoms with Crippen LogP contribution in [0.5, 0.6) is 0 Å². The van der Waals surface area contributed by atoms with Gasteiger partial charge in [-0.3, -0.25) is 15.0 Å². The van der Waals surface area contributed by atoms with E-state index < -0.39 is 4.92 Å². The lowest BCUT2D eigenvalue weighted by Crippen LogP contribution is -2.18. The molecule has 2 aromatic carbocycles. The predicted octanol–water partition coefficient (Wildman–Crippen LogP) is 2.95. The number of benzene rings is 2. The number of anilines is 1. The molecule has 6 heteroatoms. The van der Waals surface area contributed by atoms with E-state index in [1.807, 2.05) is 11.9 Å². The number of nitro benzene ring substituents is 1. The molecule has 0 saturated heterocycles. The van der Waals surface area contributed by atoms with Gasteiger partial charge in [-0.1, -0.05) is 24.3 Å². The summed E-state index contributed by atoms with van der Waals surface area (Å²) in [6.07, 6.45) is 0. The van der Waals surface area contributed by atoms with Crippen molar-refractivity contribution >= 4 is 11.4 Å². The molecule has 2 rings (SSSR count). The SMILES string of the molecule is CN(Cc1ccc(F)cc1)Cc1cccc([N+](=O)[O-])c1N. The monoisotopic (exact) mass is 289 g/mol. The molecule has 0 fully saturated rings. The average Bonchev–Trinajstić information content (AvgIpc) is 2.43. The molecule has 110 valence electrons. The first-order valence-electron chi connectivity index (χ1n) is 6.42. The summed E-state index contributed by atoms with van der Waals surface area (Å²) in [5.41, 5.74) is 7.60. The molecule has 0 unspecified atom stereocenters. The molecule has 0 saturated carbocycles. The van der Waals surface area contributed by atoms with Gasteiger partial charge in [-0.15, -0.1) is 0 Å². The Bertz CT molecular complexity index is 644. The topological polar surface area (TPSA) is 72.4 Å². The van der Waals surface area contributed by atoms with Crippen molar-refractivity contribution in [3.8, 4) is 0 Å². The zero-order chi connectivity index (χ0) is 15.4. The third-order valence-electron chi connectivity index (χ3n) is 3.18. The van der Waals surface area contributed by atoms with E-state index >= 15 is 0 Å². The predicted molar refractivity (Wildman–Crippen MR) is 79.1 cm³/mol. The van der Waals surface area contributed by atoms with Gasteiger partial charge in [0.2, 0.25) is 0 Å². The van der Waals surface area contributed by atoms with Crippen LogP contribution in [0.15, 0.2) is 42.5 Å². The summed E-state index contributed by atoms with van der Waals surface area (Å²) in [5, 5.41) is 10.9. The fourth-order valence-corrected chi connectivity index (χ4v) is 2.14. The van der Waals surface area contributed by atoms with Crippen LogP contribution in [-0.2, 0) is 13.1 Å². The van der Waals surface area contributed by atoms with Crippen LogP contribution in [0.2, 0.25) is 0 Å². The van der Waals surface area contributed by atoms with Crippen molar-refractivity contribution in [2.75, 3.05) is 12.8 Å². The van der Waals surface area contributed by atoms with Gasteiger partial charge in [0.05, 0.1) is 4.92 Å². The molecule has 2 aromatic rings. The Morgan fingerprint density at radius 3 is 2.48 bits per heavy atom. The van der Waals surface area contributed by atoms with Gasteiger partial charge < -0.3 is 5.73 Å². The molecule has 0 heterocycles. The number of nitrogens with two attached hydrogens (primary N) is 1. The standard InChI is InChI=1S/C15H16FN3O2/c1-18(9-11-5-7-13(16)8-6-11)10-12-3-2-4-14(15(12)17)19(20)21/h2-8H,9-10,17H2,1H3. The second-order valence-corrected chi connectivity index (χ2v) is 4.91. The number of halogens is 1. The molecule has 0 aliphatic rings. The minimum atomic E-state index is -0.487. The van der Waals surface area contributed by atoms with Gasteiger partial charge in [0.15, 0.2) is 0 Å². The highest BCUT2D eigenvalue weighted by Crippen LogP contribution is 2.25. The number of rotatable bonds is 5. The molecule has 0 spiro atoms. The second-order valence-electron chi connectivity index (χ2n) is 4.91. The van der Waals surface area contributed by atoms with E-state index in [1.54, 1.807) is 24.3 Å². The molecule has 0 aliphatic heterocycles. The maximum absolute atomic E-state index is 12.8. The third kappa shape index (κ3) is 3.76. The van der Waals surface area contributed by atoms with Crippen molar-refractivity contribution in [1.82, 2.24) is 4.90 Å². The zero-order valence-electron chi connectivity index (χ0n) is 11.6. The largest absolute Gasteiger partial charge is 0.393 e. The molecule has 5 nitrogen and oxygen atoms in total. The fraction of sp³-hybridized carbons (Fsp3) is 0.200. The maximum atomic E-state index is 12.8. The molecule has 0 radical (unpaired) electrons. The maximum Gasteiger partial charge on any atom is 0.292 e. The molecule has 0 bridgehead atoms. The summed E-state index contributed by atoms with van der Waals surface area (Å²) in [5.74, 6) is -0.274. The van der Waals surface area contributed by atoms with Crippen molar-refractivity contribution in [1.29, 1.82) is 0 Å². The van der Waals surface area contributed by atoms with Crippen molar-refractivity contribution < 1.29 is 9.31 Å². The summed E-state index contributed by atoms with van der Waals surface area (Å²) < 4.78 is 12.8. The lowest BCUT2D eigenvalue weighted by atomic mass is 10.1. The number of hydrogen-bond donors (Lipinski definition) is 1. The first kappa shape index (κ1) is 14.9. The van der Waals surface area contributed by atoms with Crippen LogP contribution in [-0.4, -0.2) is 16.9 Å². The summed E-state index contributed by atoms with van der Waals surface area (Å²) in [4.78, 5) is 12.3. The number of nitro groups is 1. The molecule has 0 atom stereocenters. The number of para-hydroxylation sites is 1. The molecule has 0 aromatic heterocycles. The van der Waals surface area contributed by atoms with Crippen molar-refractivity contribution in [3.63, 3.8) is 0 Å². The first-order valence-corrected chi connectivity index (χ1v) is 6.42. The molecule has 0 amide bonds. The smallest absolute Gasteiger partial charge is 0.292 e. The van der Waals surface area contributed by atoms with Crippen LogP contribution in [0.3, 0.4) is 0 Å². The third-order valence-corrected chi connectivity index (χ3v) is 3.18. The first-order chi connectivity index (χ1) is 9.97. The van der Waals surface area contributed by atoms with E-state index in [2.05, 4.69) is 0 Å². The van der Waals surface area contributed by atoms with Crippen LogP contribution in [0.25, 0.3) is 0 Å². The molecular weight excluding hydrogens is 273 g/mol. The highest BCUT2D eigenvalue weighted by molar-refractivity contribution is 5.62. The van der Waals surface area contributed by atoms with Gasteiger partial charge in [0, 0.05) is 19.2 Å². The zero-order valence-corrected chi connectivity index (χ0v) is 11.6. The second kappa shape index (κ2) is 6.32. The summed E-state index contributed by atoms with van der Waals surface area (Å²) in [6, 6.07) is 11.0. The van der Waals surface area contributed by atoms with E-state index in [4.69, 9.17) is 5.73 Å². The van der Waals surface area contributed by atoms with Gasteiger partial charge in [0.25, 0.3) is 5.69 Å². The molecule has 2 N–H and O–H groups in total. The number of nitrogens with zero attached hydrogens (tertiary/aromatic N) is 2. The lowest BCUT2D eigenvalue weighted by Gasteiger charge is -2.18. The summed E-state index contributed by atoms with van der Waals surface area (Å²) >= 11 is 0. The highest BCUT2D eigenvalue weighted by Gasteiger charge is 2.15. The Labute approximate surface area is 122 Å². The van der Waals surface area contributed by atoms with Crippen LogP contribution < -0.4 is 5.73 Å². The van der Waals surface area contributed by atoms with Crippen molar-refractivity contribution in [2.24, 2.45) is 0 Å². The Balaban J connectivity index is 2.09. The fourth-order valence-electron chi connectivity index (χ4n) is 2.14. The van der Waals surface area contributed by atoms with Gasteiger partial charge in [0.1, 0.15) is 11.5 Å². The van der Waals surface area contributed by atoms with Crippen LogP contribution >= 0.6 is 0 Å². The minimum Gasteiger partial charge on any atom is -0.393 e. The molecule has 0 aliphatic carbocycles. The van der Waals surface area contributed by atoms with Crippen molar-refractivity contribution in [2.45, 2.75) is 13.1 Å². The van der Waals surface area contributed by atoms with Gasteiger partial charge >= 0.3 is 0 Å². The molecule has 21 heavy (non-hydrogen) atoms. The highest BCUT2D eigenvalue weighted by atomic mass is 19.1. The van der Waals surface area contributed by atoms with E-state index in [0.717, 1.165) is 5.56 Å². The Morgan fingerprint density at radius 1 is 1.19 bits per heavy atom.